The van der Waals surface area contributed by atoms with E-state index in [2.05, 4.69) is 11.1 Å². The second-order valence-corrected chi connectivity index (χ2v) is 2.71. The summed E-state index contributed by atoms with van der Waals surface area (Å²) in [7, 11) is -4.47. The largest absolute Gasteiger partial charge is 0.484 e. The molecule has 52 valence electrons. The molecule has 0 aliphatic carbocycles. The first-order valence-corrected chi connectivity index (χ1v) is 3.44. The SMILES string of the molecule is C=COP(=O)(O)C(=O)O. The van der Waals surface area contributed by atoms with Gasteiger partial charge in [-0.25, -0.2) is 9.36 Å². The van der Waals surface area contributed by atoms with Crippen LogP contribution < -0.4 is 0 Å². The van der Waals surface area contributed by atoms with Crippen LogP contribution in [0.4, 0.5) is 4.79 Å². The molecule has 0 saturated carbocycles. The van der Waals surface area contributed by atoms with E-state index in [1.165, 1.54) is 0 Å². The highest BCUT2D eigenvalue weighted by molar-refractivity contribution is 7.70. The maximum Gasteiger partial charge on any atom is 0.484 e. The Balaban J connectivity index is 4.20. The summed E-state index contributed by atoms with van der Waals surface area (Å²) >= 11 is 0. The lowest BCUT2D eigenvalue weighted by molar-refractivity contribution is 0.207. The van der Waals surface area contributed by atoms with E-state index in [9.17, 15) is 9.36 Å². The van der Waals surface area contributed by atoms with Crippen molar-refractivity contribution in [2.45, 2.75) is 0 Å². The van der Waals surface area contributed by atoms with Crippen molar-refractivity contribution in [2.75, 3.05) is 0 Å². The zero-order valence-electron chi connectivity index (χ0n) is 4.35. The first-order chi connectivity index (χ1) is 4.00. The van der Waals surface area contributed by atoms with E-state index in [1.54, 1.807) is 0 Å². The van der Waals surface area contributed by atoms with Gasteiger partial charge >= 0.3 is 13.3 Å². The number of hydrogen-bond acceptors (Lipinski definition) is 3. The highest BCUT2D eigenvalue weighted by Crippen LogP contribution is 2.42. The fourth-order valence-electron chi connectivity index (χ4n) is 0.146. The molecule has 5 nitrogen and oxygen atoms in total. The summed E-state index contributed by atoms with van der Waals surface area (Å²) in [5.74, 6) is 0. The minimum absolute atomic E-state index is 0.606. The first-order valence-electron chi connectivity index (χ1n) is 1.86. The number of carbonyl (C=O) groups is 1. The fourth-order valence-corrected chi connectivity index (χ4v) is 0.438. The quantitative estimate of drug-likeness (QED) is 0.465. The van der Waals surface area contributed by atoms with Crippen molar-refractivity contribution in [3.8, 4) is 0 Å². The third-order valence-corrected chi connectivity index (χ3v) is 1.38. The maximum absolute atomic E-state index is 10.2. The van der Waals surface area contributed by atoms with Crippen molar-refractivity contribution in [1.82, 2.24) is 0 Å². The third-order valence-electron chi connectivity index (χ3n) is 0.459. The molecular weight excluding hydrogens is 147 g/mol. The van der Waals surface area contributed by atoms with Crippen LogP contribution in [-0.2, 0) is 9.09 Å². The Hall–Kier alpha value is -0.800. The number of rotatable bonds is 3. The monoisotopic (exact) mass is 152 g/mol. The lowest BCUT2D eigenvalue weighted by Gasteiger charge is -2.01. The Bertz CT molecular complexity index is 173. The van der Waals surface area contributed by atoms with Crippen molar-refractivity contribution < 1.29 is 23.9 Å². The van der Waals surface area contributed by atoms with Crippen LogP contribution in [0.25, 0.3) is 0 Å². The van der Waals surface area contributed by atoms with Crippen molar-refractivity contribution in [1.29, 1.82) is 0 Å². The number of hydrogen-bond donors (Lipinski definition) is 2. The van der Waals surface area contributed by atoms with E-state index in [1.807, 2.05) is 0 Å². The van der Waals surface area contributed by atoms with Crippen LogP contribution in [0.5, 0.6) is 0 Å². The highest BCUT2D eigenvalue weighted by Gasteiger charge is 2.29. The van der Waals surface area contributed by atoms with Crippen LogP contribution in [0.15, 0.2) is 12.8 Å². The fraction of sp³-hybridized carbons (Fsp3) is 0. The van der Waals surface area contributed by atoms with Gasteiger partial charge in [-0.1, -0.05) is 6.58 Å². The molecule has 0 aromatic carbocycles. The average Bonchev–Trinajstić information content (AvgIpc) is 1.65. The Kier molecular flexibility index (Phi) is 2.42. The van der Waals surface area contributed by atoms with Gasteiger partial charge in [0, 0.05) is 0 Å². The molecule has 2 N–H and O–H groups in total. The minimum atomic E-state index is -4.47. The average molecular weight is 152 g/mol. The minimum Gasteiger partial charge on any atom is -0.471 e. The van der Waals surface area contributed by atoms with Gasteiger partial charge in [0.2, 0.25) is 0 Å². The van der Waals surface area contributed by atoms with Crippen LogP contribution in [-0.4, -0.2) is 15.7 Å². The van der Waals surface area contributed by atoms with E-state index in [-0.39, 0.29) is 0 Å². The third kappa shape index (κ3) is 2.30. The van der Waals surface area contributed by atoms with Crippen molar-refractivity contribution in [3.05, 3.63) is 12.8 Å². The van der Waals surface area contributed by atoms with Gasteiger partial charge in [0.15, 0.2) is 0 Å². The van der Waals surface area contributed by atoms with Gasteiger partial charge in [-0.2, -0.15) is 0 Å². The molecule has 0 radical (unpaired) electrons. The van der Waals surface area contributed by atoms with Gasteiger partial charge in [-0.05, 0) is 0 Å². The summed E-state index contributed by atoms with van der Waals surface area (Å²) in [6, 6.07) is 0. The van der Waals surface area contributed by atoms with Crippen molar-refractivity contribution >= 4 is 13.3 Å². The van der Waals surface area contributed by atoms with Gasteiger partial charge < -0.3 is 14.5 Å². The molecule has 0 aliphatic heterocycles. The molecule has 0 aromatic rings. The van der Waals surface area contributed by atoms with Gasteiger partial charge in [-0.15, -0.1) is 0 Å². The molecule has 0 spiro atoms. The molecular formula is C3H5O5P. The van der Waals surface area contributed by atoms with Crippen LogP contribution in [0.3, 0.4) is 0 Å². The molecule has 1 unspecified atom stereocenters. The molecule has 0 aromatic heterocycles. The maximum atomic E-state index is 10.2. The molecule has 0 bridgehead atoms. The van der Waals surface area contributed by atoms with E-state index in [0.29, 0.717) is 6.26 Å². The highest BCUT2D eigenvalue weighted by atomic mass is 31.2. The van der Waals surface area contributed by atoms with Crippen LogP contribution in [0.1, 0.15) is 0 Å². The lowest BCUT2D eigenvalue weighted by Crippen LogP contribution is -1.94. The molecule has 0 heterocycles. The Morgan fingerprint density at radius 3 is 2.33 bits per heavy atom. The zero-order valence-corrected chi connectivity index (χ0v) is 5.25. The summed E-state index contributed by atoms with van der Waals surface area (Å²) in [6.07, 6.45) is 0.606. The normalized spacial score (nSPS) is 15.7. The summed E-state index contributed by atoms with van der Waals surface area (Å²) < 4.78 is 13.9. The molecule has 0 amide bonds. The van der Waals surface area contributed by atoms with E-state index in [0.717, 1.165) is 0 Å². The smallest absolute Gasteiger partial charge is 0.471 e. The topological polar surface area (TPSA) is 83.8 Å². The Labute approximate surface area is 51.1 Å². The second-order valence-electron chi connectivity index (χ2n) is 1.08. The molecule has 1 atom stereocenters. The Morgan fingerprint density at radius 2 is 2.22 bits per heavy atom. The van der Waals surface area contributed by atoms with E-state index in [4.69, 9.17) is 10.00 Å². The van der Waals surface area contributed by atoms with Gasteiger partial charge in [0.25, 0.3) is 0 Å². The summed E-state index contributed by atoms with van der Waals surface area (Å²) in [5.41, 5.74) is -1.89. The lowest BCUT2D eigenvalue weighted by atomic mass is 11.2. The van der Waals surface area contributed by atoms with Gasteiger partial charge in [0.1, 0.15) is 0 Å². The van der Waals surface area contributed by atoms with Crippen LogP contribution >= 0.6 is 7.60 Å². The van der Waals surface area contributed by atoms with Gasteiger partial charge in [0.05, 0.1) is 6.26 Å². The van der Waals surface area contributed by atoms with Crippen LogP contribution in [0, 0.1) is 0 Å². The predicted octanol–water partition coefficient (Wildman–Crippen LogP) is 1.01. The zero-order chi connectivity index (χ0) is 7.49. The standard InChI is InChI=1S/C3H5O5P/c1-2-8-9(6,7)3(4)5/h2H,1H2,(H,4,5)(H,6,7). The summed E-state index contributed by atoms with van der Waals surface area (Å²) in [5, 5.41) is 7.89. The Morgan fingerprint density at radius 1 is 1.78 bits per heavy atom. The van der Waals surface area contributed by atoms with Gasteiger partial charge in [-0.3, -0.25) is 0 Å². The first kappa shape index (κ1) is 8.20. The molecule has 0 fully saturated rings. The molecule has 9 heavy (non-hydrogen) atoms. The van der Waals surface area contributed by atoms with Crippen LogP contribution in [0.2, 0.25) is 0 Å². The summed E-state index contributed by atoms with van der Waals surface area (Å²) in [6.45, 7) is 2.91. The molecule has 0 aliphatic rings. The summed E-state index contributed by atoms with van der Waals surface area (Å²) in [4.78, 5) is 18.0. The second kappa shape index (κ2) is 2.66. The predicted molar refractivity (Wildman–Crippen MR) is 29.1 cm³/mol. The van der Waals surface area contributed by atoms with Crippen molar-refractivity contribution in [2.24, 2.45) is 0 Å². The molecule has 6 heteroatoms. The number of carboxylic acid groups (broad SMARTS) is 1. The molecule has 0 rings (SSSR count). The van der Waals surface area contributed by atoms with E-state index >= 15 is 0 Å². The molecule has 0 saturated heterocycles. The van der Waals surface area contributed by atoms with E-state index < -0.39 is 13.3 Å². The van der Waals surface area contributed by atoms with Crippen molar-refractivity contribution in [3.63, 3.8) is 0 Å².